The molecule has 0 nitrogen and oxygen atoms in total. The third-order valence-electron chi connectivity index (χ3n) is 2.82. The van der Waals surface area contributed by atoms with Gasteiger partial charge in [-0.05, 0) is 30.4 Å². The maximum absolute atomic E-state index is 13.9. The molecule has 1 aliphatic carbocycles. The zero-order valence-electron chi connectivity index (χ0n) is 7.84. The molecule has 1 aliphatic rings. The molecule has 0 bridgehead atoms. The lowest BCUT2D eigenvalue weighted by Gasteiger charge is -2.29. The largest absolute Gasteiger partial charge is 0.242 e. The molecule has 72 valence electrons. The van der Waals surface area contributed by atoms with E-state index in [0.29, 0.717) is 11.0 Å². The summed E-state index contributed by atoms with van der Waals surface area (Å²) in [6, 6.07) is 5.34. The Morgan fingerprint density at radius 3 is 2.57 bits per heavy atom. The van der Waals surface area contributed by atoms with Crippen LogP contribution in [-0.4, -0.2) is 7.85 Å². The van der Waals surface area contributed by atoms with Gasteiger partial charge in [-0.3, -0.25) is 0 Å². The minimum absolute atomic E-state index is 0.212. The smallest absolute Gasteiger partial charge is 0.128 e. The van der Waals surface area contributed by atoms with Crippen molar-refractivity contribution in [2.24, 2.45) is 5.92 Å². The summed E-state index contributed by atoms with van der Waals surface area (Å²) in [6.07, 6.45) is 2.33. The molecule has 1 fully saturated rings. The second-order valence-electron chi connectivity index (χ2n) is 3.91. The van der Waals surface area contributed by atoms with Gasteiger partial charge in [0.15, 0.2) is 0 Å². The van der Waals surface area contributed by atoms with Gasteiger partial charge in [0.05, 0.1) is 0 Å². The van der Waals surface area contributed by atoms with Gasteiger partial charge in [-0.1, -0.05) is 39.9 Å². The molecule has 1 unspecified atom stereocenters. The Hall–Kier alpha value is -0.305. The molecule has 14 heavy (non-hydrogen) atoms. The molecule has 0 spiro atoms. The Bertz CT molecular complexity index is 316. The predicted molar refractivity (Wildman–Crippen MR) is 60.7 cm³/mol. The minimum Gasteiger partial charge on any atom is -0.242 e. The summed E-state index contributed by atoms with van der Waals surface area (Å²) in [4.78, 5) is 0. The summed E-state index contributed by atoms with van der Waals surface area (Å²) in [5, 5.41) is 0. The van der Waals surface area contributed by atoms with Crippen LogP contribution in [-0.2, 0) is 0 Å². The van der Waals surface area contributed by atoms with Gasteiger partial charge in [0.1, 0.15) is 14.0 Å². The van der Waals surface area contributed by atoms with E-state index in [4.69, 9.17) is 7.85 Å². The summed E-state index contributed by atoms with van der Waals surface area (Å²) in [5.74, 6) is 0.212. The van der Waals surface area contributed by atoms with Crippen LogP contribution < -0.4 is 5.46 Å². The van der Waals surface area contributed by atoms with Crippen LogP contribution in [0.25, 0.3) is 0 Å². The lowest BCUT2D eigenvalue weighted by Crippen LogP contribution is -2.18. The van der Waals surface area contributed by atoms with Crippen LogP contribution in [0.5, 0.6) is 0 Å². The first-order chi connectivity index (χ1) is 6.66. The molecule has 0 aromatic heterocycles. The molecule has 1 atom stereocenters. The summed E-state index contributed by atoms with van der Waals surface area (Å²) < 4.78 is 14.7. The minimum atomic E-state index is -0.844. The van der Waals surface area contributed by atoms with E-state index in [-0.39, 0.29) is 5.92 Å². The SMILES string of the molecule is [B]c1cc(Br)cc(C(F)C2CCC2)c1. The van der Waals surface area contributed by atoms with Crippen molar-refractivity contribution in [3.8, 4) is 0 Å². The molecule has 0 heterocycles. The van der Waals surface area contributed by atoms with Crippen molar-refractivity contribution in [2.75, 3.05) is 0 Å². The standard InChI is InChI=1S/C11H11BBrF/c12-9-4-8(5-10(13)6-9)11(14)7-2-1-3-7/h4-7,11H,1-3H2. The van der Waals surface area contributed by atoms with Crippen molar-refractivity contribution in [1.82, 2.24) is 0 Å². The van der Waals surface area contributed by atoms with Crippen molar-refractivity contribution >= 4 is 29.2 Å². The van der Waals surface area contributed by atoms with Crippen molar-refractivity contribution in [1.29, 1.82) is 0 Å². The average Bonchev–Trinajstić information content (AvgIpc) is 1.98. The molecular formula is C11H11BBrF. The molecule has 1 saturated carbocycles. The van der Waals surface area contributed by atoms with E-state index in [9.17, 15) is 4.39 Å². The molecule has 1 aromatic carbocycles. The molecular weight excluding hydrogens is 242 g/mol. The second kappa shape index (κ2) is 4.05. The molecule has 0 amide bonds. The topological polar surface area (TPSA) is 0 Å². The van der Waals surface area contributed by atoms with Gasteiger partial charge >= 0.3 is 0 Å². The van der Waals surface area contributed by atoms with Gasteiger partial charge in [0.2, 0.25) is 0 Å². The van der Waals surface area contributed by atoms with Gasteiger partial charge in [0, 0.05) is 4.47 Å². The van der Waals surface area contributed by atoms with Crippen LogP contribution in [0.4, 0.5) is 4.39 Å². The van der Waals surface area contributed by atoms with E-state index in [1.165, 1.54) is 0 Å². The molecule has 2 radical (unpaired) electrons. The third kappa shape index (κ3) is 2.03. The molecule has 2 rings (SSSR count). The Morgan fingerprint density at radius 2 is 2.07 bits per heavy atom. The Labute approximate surface area is 93.4 Å². The second-order valence-corrected chi connectivity index (χ2v) is 4.83. The maximum Gasteiger partial charge on any atom is 0.128 e. The third-order valence-corrected chi connectivity index (χ3v) is 3.28. The van der Waals surface area contributed by atoms with E-state index in [0.717, 1.165) is 23.7 Å². The van der Waals surface area contributed by atoms with Crippen LogP contribution in [0.3, 0.4) is 0 Å². The molecule has 0 aliphatic heterocycles. The van der Waals surface area contributed by atoms with Crippen molar-refractivity contribution in [2.45, 2.75) is 25.4 Å². The predicted octanol–water partition coefficient (Wildman–Crippen LogP) is 3.05. The summed E-state index contributed by atoms with van der Waals surface area (Å²) in [7, 11) is 5.66. The first-order valence-electron chi connectivity index (χ1n) is 4.87. The van der Waals surface area contributed by atoms with Crippen LogP contribution in [0.15, 0.2) is 22.7 Å². The van der Waals surface area contributed by atoms with Crippen LogP contribution >= 0.6 is 15.9 Å². The molecule has 1 aromatic rings. The zero-order chi connectivity index (χ0) is 10.1. The fourth-order valence-electron chi connectivity index (χ4n) is 1.80. The average molecular weight is 253 g/mol. The summed E-state index contributed by atoms with van der Waals surface area (Å²) in [5.41, 5.74) is 1.33. The highest BCUT2D eigenvalue weighted by Crippen LogP contribution is 2.40. The number of halogens is 2. The number of hydrogen-bond donors (Lipinski definition) is 0. The fraction of sp³-hybridized carbons (Fsp3) is 0.455. The normalized spacial score (nSPS) is 19.0. The highest BCUT2D eigenvalue weighted by molar-refractivity contribution is 9.10. The maximum atomic E-state index is 13.9. The van der Waals surface area contributed by atoms with Crippen LogP contribution in [0.2, 0.25) is 0 Å². The highest BCUT2D eigenvalue weighted by Gasteiger charge is 2.28. The van der Waals surface area contributed by atoms with Crippen LogP contribution in [0.1, 0.15) is 31.0 Å². The van der Waals surface area contributed by atoms with Gasteiger partial charge in [0.25, 0.3) is 0 Å². The molecule has 0 saturated heterocycles. The molecule has 3 heteroatoms. The summed E-state index contributed by atoms with van der Waals surface area (Å²) in [6.45, 7) is 0. The quantitative estimate of drug-likeness (QED) is 0.710. The van der Waals surface area contributed by atoms with Gasteiger partial charge in [-0.15, -0.1) is 0 Å². The fourth-order valence-corrected chi connectivity index (χ4v) is 2.33. The van der Waals surface area contributed by atoms with E-state index in [2.05, 4.69) is 15.9 Å². The Kier molecular flexibility index (Phi) is 2.96. The van der Waals surface area contributed by atoms with Gasteiger partial charge in [-0.25, -0.2) is 4.39 Å². The Balaban J connectivity index is 2.21. The molecule has 0 N–H and O–H groups in total. The monoisotopic (exact) mass is 252 g/mol. The lowest BCUT2D eigenvalue weighted by molar-refractivity contribution is 0.150. The van der Waals surface area contributed by atoms with E-state index in [1.807, 2.05) is 6.07 Å². The van der Waals surface area contributed by atoms with Gasteiger partial charge in [-0.2, -0.15) is 0 Å². The van der Waals surface area contributed by atoms with E-state index < -0.39 is 6.17 Å². The van der Waals surface area contributed by atoms with Gasteiger partial charge < -0.3 is 0 Å². The lowest BCUT2D eigenvalue weighted by atomic mass is 9.79. The number of alkyl halides is 1. The zero-order valence-corrected chi connectivity index (χ0v) is 9.43. The summed E-state index contributed by atoms with van der Waals surface area (Å²) >= 11 is 3.32. The van der Waals surface area contributed by atoms with E-state index in [1.54, 1.807) is 12.1 Å². The van der Waals surface area contributed by atoms with Crippen LogP contribution in [0, 0.1) is 5.92 Å². The number of hydrogen-bond acceptors (Lipinski definition) is 0. The number of benzene rings is 1. The van der Waals surface area contributed by atoms with Crippen molar-refractivity contribution in [3.05, 3.63) is 28.2 Å². The number of rotatable bonds is 2. The Morgan fingerprint density at radius 1 is 1.36 bits per heavy atom. The van der Waals surface area contributed by atoms with Crippen molar-refractivity contribution < 1.29 is 4.39 Å². The first-order valence-corrected chi connectivity index (χ1v) is 5.66. The van der Waals surface area contributed by atoms with E-state index >= 15 is 0 Å². The highest BCUT2D eigenvalue weighted by atomic mass is 79.9. The van der Waals surface area contributed by atoms with Crippen molar-refractivity contribution in [3.63, 3.8) is 0 Å². The first kappa shape index (κ1) is 10.2.